The minimum Gasteiger partial charge on any atom is -0.493 e. The molecule has 0 bridgehead atoms. The van der Waals surface area contributed by atoms with Crippen LogP contribution in [0, 0.1) is 18.6 Å². The van der Waals surface area contributed by atoms with Crippen LogP contribution >= 0.6 is 0 Å². The normalized spacial score (nSPS) is 16.7. The van der Waals surface area contributed by atoms with Gasteiger partial charge in [-0.15, -0.1) is 0 Å². The van der Waals surface area contributed by atoms with Crippen LogP contribution < -0.4 is 14.8 Å². The summed E-state index contributed by atoms with van der Waals surface area (Å²) in [5.41, 5.74) is -1.78. The van der Waals surface area contributed by atoms with Crippen molar-refractivity contribution in [1.29, 1.82) is 0 Å². The van der Waals surface area contributed by atoms with Gasteiger partial charge in [0.05, 0.1) is 37.4 Å². The molecule has 1 N–H and O–H groups in total. The third-order valence-electron chi connectivity index (χ3n) is 6.29. The number of ether oxygens (including phenoxy) is 3. The van der Waals surface area contributed by atoms with Gasteiger partial charge in [-0.05, 0) is 32.0 Å². The number of alkyl halides is 3. The summed E-state index contributed by atoms with van der Waals surface area (Å²) in [7, 11) is 1.45. The van der Waals surface area contributed by atoms with Gasteiger partial charge in [0.1, 0.15) is 36.0 Å². The predicted octanol–water partition coefficient (Wildman–Crippen LogP) is 5.04. The van der Waals surface area contributed by atoms with E-state index in [1.54, 1.807) is 24.0 Å². The second-order valence-corrected chi connectivity index (χ2v) is 9.13. The number of nitrogens with zero attached hydrogens (tertiary/aromatic N) is 3. The van der Waals surface area contributed by atoms with Crippen LogP contribution in [0.2, 0.25) is 0 Å². The van der Waals surface area contributed by atoms with E-state index in [4.69, 9.17) is 14.2 Å². The average molecular weight is 555 g/mol. The first-order valence-corrected chi connectivity index (χ1v) is 12.1. The van der Waals surface area contributed by atoms with Crippen molar-refractivity contribution in [3.63, 3.8) is 0 Å². The molecule has 13 heteroatoms. The number of benzene rings is 2. The fourth-order valence-electron chi connectivity index (χ4n) is 4.34. The Labute approximate surface area is 221 Å². The van der Waals surface area contributed by atoms with Gasteiger partial charge >= 0.3 is 6.18 Å². The lowest BCUT2D eigenvalue weighted by atomic mass is 10.0. The molecule has 1 aliphatic rings. The summed E-state index contributed by atoms with van der Waals surface area (Å²) in [6.07, 6.45) is -5.45. The Morgan fingerprint density at radius 2 is 1.95 bits per heavy atom. The first-order valence-electron chi connectivity index (χ1n) is 12.1. The van der Waals surface area contributed by atoms with Crippen LogP contribution in [0.3, 0.4) is 0 Å². The molecule has 0 aliphatic carbocycles. The van der Waals surface area contributed by atoms with Gasteiger partial charge in [-0.2, -0.15) is 13.2 Å². The molecule has 3 aromatic rings. The number of nitrogens with one attached hydrogen (secondary N) is 1. The molecular weight excluding hydrogens is 527 g/mol. The lowest BCUT2D eigenvalue weighted by Crippen LogP contribution is -2.46. The molecule has 0 spiro atoms. The molecule has 4 rings (SSSR count). The number of morpholine rings is 1. The number of hydrogen-bond acceptors (Lipinski definition) is 7. The second-order valence-electron chi connectivity index (χ2n) is 9.13. The Balaban J connectivity index is 1.65. The Bertz CT molecular complexity index is 1380. The van der Waals surface area contributed by atoms with Crippen molar-refractivity contribution in [2.24, 2.45) is 0 Å². The van der Waals surface area contributed by atoms with Crippen molar-refractivity contribution in [3.8, 4) is 11.5 Å². The molecule has 1 aliphatic heterocycles. The van der Waals surface area contributed by atoms with Crippen molar-refractivity contribution in [1.82, 2.24) is 14.9 Å². The van der Waals surface area contributed by atoms with Gasteiger partial charge in [-0.25, -0.2) is 18.7 Å². The maximum Gasteiger partial charge on any atom is 0.419 e. The van der Waals surface area contributed by atoms with Gasteiger partial charge in [-0.1, -0.05) is 0 Å². The average Bonchev–Trinajstić information content (AvgIpc) is 2.87. The molecule has 8 nitrogen and oxygen atoms in total. The van der Waals surface area contributed by atoms with E-state index in [0.29, 0.717) is 54.0 Å². The van der Waals surface area contributed by atoms with Gasteiger partial charge < -0.3 is 24.4 Å². The number of rotatable bonds is 7. The first kappa shape index (κ1) is 28.3. The molecule has 39 heavy (non-hydrogen) atoms. The quantitative estimate of drug-likeness (QED) is 0.410. The van der Waals surface area contributed by atoms with Crippen molar-refractivity contribution in [2.75, 3.05) is 38.7 Å². The molecule has 1 saturated heterocycles. The Morgan fingerprint density at radius 3 is 2.62 bits per heavy atom. The van der Waals surface area contributed by atoms with Crippen LogP contribution in [-0.4, -0.2) is 60.3 Å². The van der Waals surface area contributed by atoms with Crippen LogP contribution in [0.5, 0.6) is 11.5 Å². The highest BCUT2D eigenvalue weighted by Gasteiger charge is 2.36. The van der Waals surface area contributed by atoms with Crippen molar-refractivity contribution < 1.29 is 41.0 Å². The fraction of sp³-hybridized carbons (Fsp3) is 0.423. The van der Waals surface area contributed by atoms with Gasteiger partial charge in [0.25, 0.3) is 0 Å². The summed E-state index contributed by atoms with van der Waals surface area (Å²) in [5.74, 6) is -1.71. The molecule has 2 atom stereocenters. The number of aryl methyl sites for hydroxylation is 1. The van der Waals surface area contributed by atoms with Gasteiger partial charge in [0.15, 0.2) is 11.5 Å². The van der Waals surface area contributed by atoms with E-state index >= 15 is 0 Å². The summed E-state index contributed by atoms with van der Waals surface area (Å²) < 4.78 is 85.6. The van der Waals surface area contributed by atoms with E-state index in [9.17, 15) is 26.7 Å². The molecule has 2 aromatic carbocycles. The summed E-state index contributed by atoms with van der Waals surface area (Å²) in [6.45, 7) is 5.80. The molecule has 0 saturated carbocycles. The van der Waals surface area contributed by atoms with Crippen molar-refractivity contribution in [2.45, 2.75) is 39.1 Å². The fourth-order valence-corrected chi connectivity index (χ4v) is 4.34. The number of carbonyl (C=O) groups excluding carboxylic acids is 1. The van der Waals surface area contributed by atoms with Crippen LogP contribution in [0.1, 0.15) is 36.8 Å². The van der Waals surface area contributed by atoms with Crippen LogP contribution in [0.15, 0.2) is 24.3 Å². The number of fused-ring (bicyclic) bond motifs is 1. The zero-order chi connectivity index (χ0) is 28.5. The highest BCUT2D eigenvalue weighted by atomic mass is 19.4. The maximum absolute atomic E-state index is 14.8. The smallest absolute Gasteiger partial charge is 0.419 e. The molecule has 1 amide bonds. The molecule has 2 heterocycles. The van der Waals surface area contributed by atoms with Crippen LogP contribution in [0.25, 0.3) is 10.9 Å². The minimum atomic E-state index is -5.06. The number of aromatic nitrogens is 2. The van der Waals surface area contributed by atoms with E-state index in [0.717, 1.165) is 0 Å². The first-order chi connectivity index (χ1) is 18.4. The van der Waals surface area contributed by atoms with E-state index in [-0.39, 0.29) is 30.5 Å². The number of amides is 1. The highest BCUT2D eigenvalue weighted by molar-refractivity contribution is 5.92. The van der Waals surface area contributed by atoms with Gasteiger partial charge in [-0.3, -0.25) is 4.79 Å². The lowest BCUT2D eigenvalue weighted by Gasteiger charge is -2.32. The molecule has 0 unspecified atom stereocenters. The monoisotopic (exact) mass is 554 g/mol. The highest BCUT2D eigenvalue weighted by Crippen LogP contribution is 2.38. The zero-order valence-corrected chi connectivity index (χ0v) is 21.7. The second kappa shape index (κ2) is 11.2. The Hall–Kier alpha value is -3.74. The molecule has 1 fully saturated rings. The zero-order valence-electron chi connectivity index (χ0n) is 21.7. The SMILES string of the molecule is COc1cc2nc(C)nc(N[C@H](C)c3cc(F)cc(C(F)(F)F)c3F)c2cc1OC[C@H]1CN(C(C)=O)CCO1. The summed E-state index contributed by atoms with van der Waals surface area (Å²) in [5, 5.41) is 3.30. The summed E-state index contributed by atoms with van der Waals surface area (Å²) in [4.78, 5) is 22.1. The molecule has 1 aromatic heterocycles. The minimum absolute atomic E-state index is 0.0685. The third kappa shape index (κ3) is 6.29. The summed E-state index contributed by atoms with van der Waals surface area (Å²) >= 11 is 0. The number of halogens is 5. The predicted molar refractivity (Wildman–Crippen MR) is 132 cm³/mol. The van der Waals surface area contributed by atoms with E-state index in [2.05, 4.69) is 15.3 Å². The largest absolute Gasteiger partial charge is 0.493 e. The number of anilines is 1. The van der Waals surface area contributed by atoms with E-state index in [1.807, 2.05) is 0 Å². The molecule has 210 valence electrons. The standard InChI is InChI=1S/C26H27F5N4O4/c1-13(18-7-16(27)8-20(24(18)28)26(29,30)31)32-25-19-9-23(22(37-4)10-21(19)33-14(2)34-25)39-12-17-11-35(15(3)36)5-6-38-17/h7-10,13,17H,5-6,11-12H2,1-4H3,(H,32,33,34)/t13-,17-/m1/s1. The number of methoxy groups -OCH3 is 1. The van der Waals surface area contributed by atoms with Gasteiger partial charge in [0, 0.05) is 30.5 Å². The maximum atomic E-state index is 14.8. The van der Waals surface area contributed by atoms with E-state index in [1.165, 1.54) is 21.0 Å². The Morgan fingerprint density at radius 1 is 1.21 bits per heavy atom. The summed E-state index contributed by atoms with van der Waals surface area (Å²) in [6, 6.07) is 2.92. The topological polar surface area (TPSA) is 85.8 Å². The van der Waals surface area contributed by atoms with Gasteiger partial charge in [0.2, 0.25) is 5.91 Å². The molecular formula is C26H27F5N4O4. The Kier molecular flexibility index (Phi) is 8.09. The molecule has 0 radical (unpaired) electrons. The van der Waals surface area contributed by atoms with Crippen LogP contribution in [-0.2, 0) is 15.7 Å². The number of carbonyl (C=O) groups is 1. The van der Waals surface area contributed by atoms with Crippen molar-refractivity contribution in [3.05, 3.63) is 52.9 Å². The van der Waals surface area contributed by atoms with Crippen molar-refractivity contribution >= 4 is 22.6 Å². The third-order valence-corrected chi connectivity index (χ3v) is 6.29. The van der Waals surface area contributed by atoms with Crippen LogP contribution in [0.4, 0.5) is 27.8 Å². The van der Waals surface area contributed by atoms with E-state index < -0.39 is 35.0 Å². The lowest BCUT2D eigenvalue weighted by molar-refractivity contribution is -0.140. The number of hydrogen-bond donors (Lipinski definition) is 1.